The van der Waals surface area contributed by atoms with Crippen molar-refractivity contribution in [2.24, 2.45) is 0 Å². The summed E-state index contributed by atoms with van der Waals surface area (Å²) in [4.78, 5) is 21.4. The maximum atomic E-state index is 13.0. The first-order chi connectivity index (χ1) is 13.7. The van der Waals surface area contributed by atoms with Crippen molar-refractivity contribution in [3.8, 4) is 23.1 Å². The van der Waals surface area contributed by atoms with Crippen molar-refractivity contribution in [2.45, 2.75) is 7.43 Å². The summed E-state index contributed by atoms with van der Waals surface area (Å²) in [5, 5.41) is 12.7. The van der Waals surface area contributed by atoms with Gasteiger partial charge in [-0.05, 0) is 31.3 Å². The Morgan fingerprint density at radius 2 is 1.86 bits per heavy atom. The van der Waals surface area contributed by atoms with Crippen molar-refractivity contribution in [3.63, 3.8) is 0 Å². The number of piperazine rings is 1. The Hall–Kier alpha value is -3.33. The predicted octanol–water partition coefficient (Wildman–Crippen LogP) is 1.76. The van der Waals surface area contributed by atoms with E-state index in [-0.39, 0.29) is 13.3 Å². The van der Waals surface area contributed by atoms with Gasteiger partial charge in [-0.15, -0.1) is 10.2 Å². The molecule has 9 nitrogen and oxygen atoms in total. The third-order valence-electron chi connectivity index (χ3n) is 4.70. The number of carbonyl (C=O) groups is 1. The highest BCUT2D eigenvalue weighted by Crippen LogP contribution is 2.22. The molecule has 4 heterocycles. The lowest BCUT2D eigenvalue weighted by Gasteiger charge is -2.31. The number of hydrogen-bond acceptors (Lipinski definition) is 7. The summed E-state index contributed by atoms with van der Waals surface area (Å²) in [5.74, 6) is 0.799. The maximum Gasteiger partial charge on any atom is 0.274 e. The van der Waals surface area contributed by atoms with Gasteiger partial charge in [-0.3, -0.25) is 9.78 Å². The van der Waals surface area contributed by atoms with Crippen molar-refractivity contribution in [1.29, 1.82) is 0 Å². The van der Waals surface area contributed by atoms with Gasteiger partial charge in [0.2, 0.25) is 5.88 Å². The van der Waals surface area contributed by atoms with Gasteiger partial charge < -0.3 is 14.5 Å². The standard InChI is InChI=1S/C19H21N7O2.CH4/c1-24-9-11-25(12-10-24)19(27)15-13-16(14-5-3-4-8-20-14)26(23-15)17-6-7-18(28-2)22-21-17;/h3-8,13H,9-12H2,1-2H3;1H4. The van der Waals surface area contributed by atoms with Crippen LogP contribution in [0.4, 0.5) is 0 Å². The fourth-order valence-electron chi connectivity index (χ4n) is 3.06. The molecule has 3 aromatic rings. The molecule has 1 saturated heterocycles. The minimum Gasteiger partial charge on any atom is -0.480 e. The average molecular weight is 395 g/mol. The van der Waals surface area contributed by atoms with Crippen LogP contribution >= 0.6 is 0 Å². The van der Waals surface area contributed by atoms with E-state index in [4.69, 9.17) is 4.74 Å². The van der Waals surface area contributed by atoms with Crippen LogP contribution in [0.15, 0.2) is 42.6 Å². The number of carbonyl (C=O) groups excluding carboxylic acids is 1. The largest absolute Gasteiger partial charge is 0.480 e. The number of ether oxygens (including phenoxy) is 1. The summed E-state index contributed by atoms with van der Waals surface area (Å²) in [6, 6.07) is 10.8. The van der Waals surface area contributed by atoms with Gasteiger partial charge in [0.15, 0.2) is 11.5 Å². The summed E-state index contributed by atoms with van der Waals surface area (Å²) in [6.07, 6.45) is 1.70. The summed E-state index contributed by atoms with van der Waals surface area (Å²) in [7, 11) is 3.59. The van der Waals surface area contributed by atoms with Crippen molar-refractivity contribution < 1.29 is 9.53 Å². The summed E-state index contributed by atoms with van der Waals surface area (Å²) >= 11 is 0. The molecule has 1 aliphatic rings. The zero-order valence-electron chi connectivity index (χ0n) is 15.8. The molecule has 0 N–H and O–H groups in total. The lowest BCUT2D eigenvalue weighted by molar-refractivity contribution is 0.0657. The molecule has 0 bridgehead atoms. The van der Waals surface area contributed by atoms with Gasteiger partial charge in [0, 0.05) is 38.4 Å². The van der Waals surface area contributed by atoms with Gasteiger partial charge in [0.05, 0.1) is 18.5 Å². The molecule has 0 aromatic carbocycles. The van der Waals surface area contributed by atoms with E-state index < -0.39 is 0 Å². The highest BCUT2D eigenvalue weighted by molar-refractivity contribution is 5.93. The Labute approximate surface area is 169 Å². The molecular formula is C20H25N7O2. The number of amides is 1. The molecule has 0 unspecified atom stereocenters. The molecule has 0 atom stereocenters. The molecule has 152 valence electrons. The smallest absolute Gasteiger partial charge is 0.274 e. The van der Waals surface area contributed by atoms with E-state index in [9.17, 15) is 4.79 Å². The second kappa shape index (κ2) is 8.78. The predicted molar refractivity (Wildman–Crippen MR) is 109 cm³/mol. The van der Waals surface area contributed by atoms with Crippen LogP contribution < -0.4 is 4.74 Å². The van der Waals surface area contributed by atoms with E-state index in [1.165, 1.54) is 7.11 Å². The number of methoxy groups -OCH3 is 1. The van der Waals surface area contributed by atoms with Crippen molar-refractivity contribution in [3.05, 3.63) is 48.3 Å². The van der Waals surface area contributed by atoms with Gasteiger partial charge in [0.1, 0.15) is 0 Å². The first kappa shape index (κ1) is 20.4. The zero-order valence-corrected chi connectivity index (χ0v) is 15.8. The molecular weight excluding hydrogens is 370 g/mol. The first-order valence-electron chi connectivity index (χ1n) is 9.03. The zero-order chi connectivity index (χ0) is 19.5. The number of nitrogens with zero attached hydrogens (tertiary/aromatic N) is 7. The van der Waals surface area contributed by atoms with Gasteiger partial charge in [-0.2, -0.15) is 5.10 Å². The molecule has 1 aliphatic heterocycles. The quantitative estimate of drug-likeness (QED) is 0.665. The van der Waals surface area contributed by atoms with Gasteiger partial charge in [-0.25, -0.2) is 4.68 Å². The fraction of sp³-hybridized carbons (Fsp3) is 0.350. The van der Waals surface area contributed by atoms with E-state index in [0.29, 0.717) is 41.9 Å². The topological polar surface area (TPSA) is 89.3 Å². The third kappa shape index (κ3) is 4.24. The minimum absolute atomic E-state index is 0. The van der Waals surface area contributed by atoms with Crippen LogP contribution in [0.25, 0.3) is 17.2 Å². The van der Waals surface area contributed by atoms with Crippen LogP contribution in [0, 0.1) is 0 Å². The molecule has 1 fully saturated rings. The third-order valence-corrected chi connectivity index (χ3v) is 4.70. The monoisotopic (exact) mass is 395 g/mol. The first-order valence-corrected chi connectivity index (χ1v) is 9.03. The van der Waals surface area contributed by atoms with E-state index in [0.717, 1.165) is 13.1 Å². The number of hydrogen-bond donors (Lipinski definition) is 0. The Morgan fingerprint density at radius 1 is 1.07 bits per heavy atom. The van der Waals surface area contributed by atoms with Crippen LogP contribution in [0.3, 0.4) is 0 Å². The number of pyridine rings is 1. The number of likely N-dealkylation sites (N-methyl/N-ethyl adjacent to an activating group) is 1. The van der Waals surface area contributed by atoms with Gasteiger partial charge in [0.25, 0.3) is 5.91 Å². The molecule has 0 saturated carbocycles. The lowest BCUT2D eigenvalue weighted by Crippen LogP contribution is -2.47. The van der Waals surface area contributed by atoms with E-state index in [1.54, 1.807) is 29.1 Å². The van der Waals surface area contributed by atoms with Gasteiger partial charge in [-0.1, -0.05) is 13.5 Å². The minimum atomic E-state index is -0.0921. The van der Waals surface area contributed by atoms with Gasteiger partial charge >= 0.3 is 0 Å². The van der Waals surface area contributed by atoms with Crippen LogP contribution in [0.2, 0.25) is 0 Å². The Morgan fingerprint density at radius 3 is 2.48 bits per heavy atom. The SMILES string of the molecule is C.COc1ccc(-n2nc(C(=O)N3CCN(C)CC3)cc2-c2ccccn2)nn1. The van der Waals surface area contributed by atoms with Crippen LogP contribution in [0.5, 0.6) is 5.88 Å². The molecule has 0 aliphatic carbocycles. The Bertz CT molecular complexity index is 949. The second-order valence-electron chi connectivity index (χ2n) is 6.57. The van der Waals surface area contributed by atoms with Crippen LogP contribution in [-0.2, 0) is 0 Å². The lowest BCUT2D eigenvalue weighted by atomic mass is 10.2. The van der Waals surface area contributed by atoms with Crippen LogP contribution in [0.1, 0.15) is 17.9 Å². The Kier molecular flexibility index (Phi) is 6.18. The molecule has 1 amide bonds. The van der Waals surface area contributed by atoms with E-state index in [1.807, 2.05) is 23.1 Å². The van der Waals surface area contributed by atoms with Crippen molar-refractivity contribution in [2.75, 3.05) is 40.3 Å². The normalized spacial score (nSPS) is 14.3. The second-order valence-corrected chi connectivity index (χ2v) is 6.57. The van der Waals surface area contributed by atoms with Crippen molar-refractivity contribution in [1.82, 2.24) is 34.8 Å². The highest BCUT2D eigenvalue weighted by Gasteiger charge is 2.25. The number of aromatic nitrogens is 5. The fourth-order valence-corrected chi connectivity index (χ4v) is 3.06. The van der Waals surface area contributed by atoms with E-state index in [2.05, 4.69) is 32.2 Å². The molecule has 0 spiro atoms. The van der Waals surface area contributed by atoms with E-state index >= 15 is 0 Å². The van der Waals surface area contributed by atoms with Crippen LogP contribution in [-0.4, -0.2) is 81.0 Å². The average Bonchev–Trinajstić information content (AvgIpc) is 3.20. The summed E-state index contributed by atoms with van der Waals surface area (Å²) in [6.45, 7) is 3.07. The summed E-state index contributed by atoms with van der Waals surface area (Å²) < 4.78 is 6.67. The molecule has 3 aromatic heterocycles. The molecule has 29 heavy (non-hydrogen) atoms. The summed E-state index contributed by atoms with van der Waals surface area (Å²) in [5.41, 5.74) is 1.74. The number of rotatable bonds is 4. The molecule has 9 heteroatoms. The molecule has 4 rings (SSSR count). The maximum absolute atomic E-state index is 13.0. The Balaban J connectivity index is 0.00000240. The molecule has 0 radical (unpaired) electrons. The highest BCUT2D eigenvalue weighted by atomic mass is 16.5. The van der Waals surface area contributed by atoms with Crippen molar-refractivity contribution >= 4 is 5.91 Å².